The Morgan fingerprint density at radius 2 is 1.32 bits per heavy atom. The quantitative estimate of drug-likeness (QED) is 0.179. The summed E-state index contributed by atoms with van der Waals surface area (Å²) in [6.07, 6.45) is 0. The van der Waals surface area contributed by atoms with Crippen molar-refractivity contribution >= 4 is 46.6 Å². The maximum atomic E-state index is 14.0. The topological polar surface area (TPSA) is 75.7 Å². The summed E-state index contributed by atoms with van der Waals surface area (Å²) in [7, 11) is 0. The van der Waals surface area contributed by atoms with E-state index < -0.39 is 45.9 Å². The van der Waals surface area contributed by atoms with Gasteiger partial charge in [0.15, 0.2) is 0 Å². The third-order valence-corrected chi connectivity index (χ3v) is 10.4. The van der Waals surface area contributed by atoms with Crippen LogP contribution in [0.15, 0.2) is 91.0 Å². The number of rotatable bonds is 6. The lowest BCUT2D eigenvalue weighted by Gasteiger charge is -2.54. The molecule has 4 aliphatic rings. The minimum absolute atomic E-state index is 0.296. The summed E-state index contributed by atoms with van der Waals surface area (Å²) in [6, 6.07) is 28.0. The first-order valence-corrected chi connectivity index (χ1v) is 15.4. The number of nitrogens with one attached hydrogen (secondary N) is 1. The fraction of sp³-hybridized carbons (Fsp3) is 0.250. The molecule has 0 radical (unpaired) electrons. The second kappa shape index (κ2) is 10.2. The van der Waals surface area contributed by atoms with E-state index in [1.54, 1.807) is 24.3 Å². The molecule has 4 aromatic carbocycles. The minimum Gasteiger partial charge on any atom is -0.457 e. The number of amides is 3. The normalized spacial score (nSPS) is 24.6. The van der Waals surface area contributed by atoms with Crippen LogP contribution in [0.1, 0.15) is 53.1 Å². The molecule has 4 aromatic rings. The van der Waals surface area contributed by atoms with Crippen molar-refractivity contribution in [2.45, 2.75) is 36.4 Å². The number of nitrogens with zero attached hydrogens (tertiary/aromatic N) is 1. The van der Waals surface area contributed by atoms with Crippen LogP contribution in [0.4, 0.5) is 5.69 Å². The molecule has 0 unspecified atom stereocenters. The van der Waals surface area contributed by atoms with Gasteiger partial charge in [0, 0.05) is 5.69 Å². The second-order valence-corrected chi connectivity index (χ2v) is 13.3. The number of alkyl halides is 2. The van der Waals surface area contributed by atoms with Gasteiger partial charge >= 0.3 is 0 Å². The molecule has 1 fully saturated rings. The van der Waals surface area contributed by atoms with Gasteiger partial charge in [0.1, 0.15) is 27.8 Å². The summed E-state index contributed by atoms with van der Waals surface area (Å²) < 4.78 is 6.16. The lowest BCUT2D eigenvalue weighted by molar-refractivity contribution is -0.142. The molecule has 1 heterocycles. The molecule has 2 atom stereocenters. The molecule has 1 saturated heterocycles. The number of aryl methyl sites for hydroxylation is 1. The Kier molecular flexibility index (Phi) is 6.65. The number of carbonyl (C=O) groups excluding carboxylic acids is 3. The molecule has 3 amide bonds. The number of halogens is 2. The van der Waals surface area contributed by atoms with Gasteiger partial charge < -0.3 is 10.1 Å². The zero-order chi connectivity index (χ0) is 31.0. The molecule has 3 aliphatic carbocycles. The van der Waals surface area contributed by atoms with Crippen molar-refractivity contribution in [1.29, 1.82) is 0 Å². The average Bonchev–Trinajstić information content (AvgIpc) is 3.27. The van der Waals surface area contributed by atoms with E-state index in [0.717, 1.165) is 44.0 Å². The Morgan fingerprint density at radius 1 is 0.818 bits per heavy atom. The number of hydrogen-bond acceptors (Lipinski definition) is 4. The highest BCUT2D eigenvalue weighted by molar-refractivity contribution is 6.36. The van der Waals surface area contributed by atoms with Gasteiger partial charge in [-0.15, -0.1) is 23.2 Å². The highest BCUT2D eigenvalue weighted by Gasteiger charge is 2.73. The van der Waals surface area contributed by atoms with Crippen LogP contribution in [-0.4, -0.2) is 29.2 Å². The van der Waals surface area contributed by atoms with Crippen LogP contribution in [0.2, 0.25) is 0 Å². The van der Waals surface area contributed by atoms with Gasteiger partial charge in [-0.1, -0.05) is 74.5 Å². The zero-order valence-electron chi connectivity index (χ0n) is 24.4. The predicted octanol–water partition coefficient (Wildman–Crippen LogP) is 7.44. The molecule has 0 spiro atoms. The average molecular weight is 626 g/mol. The summed E-state index contributed by atoms with van der Waals surface area (Å²) >= 11 is 14.9. The van der Waals surface area contributed by atoms with Crippen molar-refractivity contribution in [3.8, 4) is 11.5 Å². The van der Waals surface area contributed by atoms with Crippen LogP contribution < -0.4 is 10.1 Å². The number of benzene rings is 4. The number of anilines is 1. The van der Waals surface area contributed by atoms with Crippen molar-refractivity contribution in [1.82, 2.24) is 4.90 Å². The van der Waals surface area contributed by atoms with E-state index in [1.807, 2.05) is 61.5 Å². The minimum atomic E-state index is -1.28. The largest absolute Gasteiger partial charge is 0.457 e. The molecule has 0 saturated carbocycles. The molecular weight excluding hydrogens is 595 g/mol. The van der Waals surface area contributed by atoms with Gasteiger partial charge in [-0.25, -0.2) is 0 Å². The molecule has 6 nitrogen and oxygen atoms in total. The van der Waals surface area contributed by atoms with Crippen molar-refractivity contribution in [3.05, 3.63) is 124 Å². The Labute approximate surface area is 265 Å². The number of ether oxygens (including phenoxy) is 1. The molecule has 222 valence electrons. The number of imide groups is 1. The third-order valence-electron chi connectivity index (χ3n) is 9.14. The van der Waals surface area contributed by atoms with E-state index in [-0.39, 0.29) is 0 Å². The predicted molar refractivity (Wildman–Crippen MR) is 170 cm³/mol. The molecule has 0 aromatic heterocycles. The summed E-state index contributed by atoms with van der Waals surface area (Å²) in [5.41, 5.74) is 5.59. The van der Waals surface area contributed by atoms with Crippen molar-refractivity contribution in [2.24, 2.45) is 11.8 Å². The second-order valence-electron chi connectivity index (χ2n) is 12.1. The van der Waals surface area contributed by atoms with Crippen molar-refractivity contribution < 1.29 is 19.1 Å². The van der Waals surface area contributed by atoms with Crippen LogP contribution in [0, 0.1) is 18.8 Å². The van der Waals surface area contributed by atoms with Gasteiger partial charge in [-0.2, -0.15) is 0 Å². The van der Waals surface area contributed by atoms with E-state index in [2.05, 4.69) is 31.3 Å². The molecule has 8 heteroatoms. The van der Waals surface area contributed by atoms with E-state index in [0.29, 0.717) is 17.4 Å². The molecule has 1 N–H and O–H groups in total. The number of carbonyl (C=O) groups is 3. The first kappa shape index (κ1) is 28.6. The highest BCUT2D eigenvalue weighted by atomic mass is 35.5. The summed E-state index contributed by atoms with van der Waals surface area (Å²) in [4.78, 5) is 39.6. The van der Waals surface area contributed by atoms with Crippen molar-refractivity contribution in [3.63, 3.8) is 0 Å². The monoisotopic (exact) mass is 624 g/mol. The zero-order valence-corrected chi connectivity index (χ0v) is 25.9. The Hall–Kier alpha value is -4.13. The van der Waals surface area contributed by atoms with E-state index in [1.165, 1.54) is 0 Å². The standard InChI is InChI=1S/C36H30Cl2N2O4/c1-20(2)24-17-12-21(3)18-29(24)44-23-15-13-22(14-16-23)39-30(41)19-40-33(42)31-32(34(40)43)36(38)26-9-5-4-8-25(26)35(31,37)27-10-6-7-11-28(27)36/h4-18,20,31-32H,19H2,1-3H3,(H,39,41)/t31-,32-,35?,36?/m0/s1. The van der Waals surface area contributed by atoms with Crippen LogP contribution in [0.25, 0.3) is 0 Å². The molecule has 44 heavy (non-hydrogen) atoms. The smallest absolute Gasteiger partial charge is 0.244 e. The van der Waals surface area contributed by atoms with Crippen LogP contribution in [-0.2, 0) is 24.1 Å². The number of hydrogen-bond donors (Lipinski definition) is 1. The summed E-state index contributed by atoms with van der Waals surface area (Å²) in [5.74, 6) is -1.68. The Balaban J connectivity index is 1.12. The maximum Gasteiger partial charge on any atom is 0.244 e. The first-order chi connectivity index (χ1) is 21.0. The van der Waals surface area contributed by atoms with Gasteiger partial charge in [0.05, 0.1) is 11.8 Å². The van der Waals surface area contributed by atoms with Crippen molar-refractivity contribution in [2.75, 3.05) is 11.9 Å². The summed E-state index contributed by atoms with van der Waals surface area (Å²) in [5, 5.41) is 2.81. The van der Waals surface area contributed by atoms with E-state index >= 15 is 0 Å². The fourth-order valence-electron chi connectivity index (χ4n) is 7.16. The van der Waals surface area contributed by atoms with Gasteiger partial charge in [-0.05, 0) is 76.6 Å². The third kappa shape index (κ3) is 4.04. The summed E-state index contributed by atoms with van der Waals surface area (Å²) in [6.45, 7) is 5.80. The SMILES string of the molecule is Cc1ccc(C(C)C)c(Oc2ccc(NC(=O)CN3C(=O)[C@@H]4[C@@H](C3=O)C3(Cl)c5ccccc5C4(Cl)c4ccccc43)cc2)c1. The Bertz CT molecular complexity index is 1730. The highest BCUT2D eigenvalue weighted by Crippen LogP contribution is 2.69. The Morgan fingerprint density at radius 3 is 1.80 bits per heavy atom. The van der Waals surface area contributed by atoms with Crippen LogP contribution in [0.5, 0.6) is 11.5 Å². The first-order valence-electron chi connectivity index (χ1n) is 14.7. The number of likely N-dealkylation sites (tertiary alicyclic amines) is 1. The van der Waals surface area contributed by atoms with Gasteiger partial charge in [-0.3, -0.25) is 19.3 Å². The fourth-order valence-corrected chi connectivity index (χ4v) is 8.26. The maximum absolute atomic E-state index is 14.0. The lowest BCUT2D eigenvalue weighted by atomic mass is 9.54. The van der Waals surface area contributed by atoms with Crippen LogP contribution in [0.3, 0.4) is 0 Å². The van der Waals surface area contributed by atoms with Gasteiger partial charge in [0.2, 0.25) is 17.7 Å². The van der Waals surface area contributed by atoms with E-state index in [9.17, 15) is 14.4 Å². The molecular formula is C36H30Cl2N2O4. The molecule has 2 bridgehead atoms. The molecule has 8 rings (SSSR count). The van der Waals surface area contributed by atoms with Gasteiger partial charge in [0.25, 0.3) is 0 Å². The van der Waals surface area contributed by atoms with E-state index in [4.69, 9.17) is 27.9 Å². The lowest BCUT2D eigenvalue weighted by Crippen LogP contribution is -2.57. The molecule has 1 aliphatic heterocycles. The van der Waals surface area contributed by atoms with Crippen LogP contribution >= 0.6 is 23.2 Å².